The van der Waals surface area contributed by atoms with Gasteiger partial charge >= 0.3 is 6.18 Å². The highest BCUT2D eigenvalue weighted by atomic mass is 19.4. The smallest absolute Gasteiger partial charge is 0.417 e. The normalized spacial score (nSPS) is 14.8. The van der Waals surface area contributed by atoms with Crippen molar-refractivity contribution in [2.45, 2.75) is 25.9 Å². The maximum atomic E-state index is 12.5. The fourth-order valence-electron chi connectivity index (χ4n) is 2.83. The van der Waals surface area contributed by atoms with Crippen LogP contribution < -0.4 is 10.2 Å². The molecule has 0 unspecified atom stereocenters. The summed E-state index contributed by atoms with van der Waals surface area (Å²) >= 11 is 0. The molecule has 0 radical (unpaired) electrons. The van der Waals surface area contributed by atoms with Crippen LogP contribution in [0.5, 0.6) is 5.75 Å². The fourth-order valence-corrected chi connectivity index (χ4v) is 2.83. The van der Waals surface area contributed by atoms with E-state index in [1.165, 1.54) is 6.07 Å². The van der Waals surface area contributed by atoms with Crippen LogP contribution >= 0.6 is 0 Å². The average Bonchev–Trinajstić information content (AvgIpc) is 3.25. The van der Waals surface area contributed by atoms with Gasteiger partial charge in [0.15, 0.2) is 6.61 Å². The number of hydrogen-bond acceptors (Lipinski definition) is 5. The molecule has 0 spiro atoms. The highest BCUT2D eigenvalue weighted by Crippen LogP contribution is 2.28. The molecule has 29 heavy (non-hydrogen) atoms. The van der Waals surface area contributed by atoms with E-state index in [9.17, 15) is 18.0 Å². The van der Waals surface area contributed by atoms with Crippen molar-refractivity contribution in [2.75, 3.05) is 25.1 Å². The van der Waals surface area contributed by atoms with Crippen molar-refractivity contribution in [3.8, 4) is 5.75 Å². The predicted octanol–water partition coefficient (Wildman–Crippen LogP) is 3.94. The number of nitrogens with zero attached hydrogens (tertiary/aromatic N) is 3. The molecule has 9 heteroatoms. The number of alkyl halides is 3. The van der Waals surface area contributed by atoms with Gasteiger partial charge in [0.05, 0.1) is 11.3 Å². The molecular weight excluding hydrogens is 385 g/mol. The zero-order chi connectivity index (χ0) is 20.9. The predicted molar refractivity (Wildman–Crippen MR) is 103 cm³/mol. The number of likely N-dealkylation sites (tertiary alicyclic amines) is 1. The van der Waals surface area contributed by atoms with Crippen LogP contribution in [0.4, 0.5) is 19.0 Å². The molecule has 1 aromatic heterocycles. The first kappa shape index (κ1) is 20.6. The number of halogens is 3. The van der Waals surface area contributed by atoms with Gasteiger partial charge in [-0.05, 0) is 61.7 Å². The van der Waals surface area contributed by atoms with Gasteiger partial charge in [-0.15, -0.1) is 0 Å². The minimum absolute atomic E-state index is 0.00750. The van der Waals surface area contributed by atoms with E-state index in [2.05, 4.69) is 15.5 Å². The molecule has 6 nitrogen and oxygen atoms in total. The molecule has 2 aromatic rings. The molecule has 2 heterocycles. The van der Waals surface area contributed by atoms with Gasteiger partial charge in [-0.3, -0.25) is 10.2 Å². The van der Waals surface area contributed by atoms with Crippen molar-refractivity contribution in [1.29, 1.82) is 0 Å². The first-order chi connectivity index (χ1) is 13.8. The number of benzene rings is 1. The summed E-state index contributed by atoms with van der Waals surface area (Å²) in [7, 11) is 0. The summed E-state index contributed by atoms with van der Waals surface area (Å²) in [5, 5.41) is 4.13. The first-order valence-electron chi connectivity index (χ1n) is 9.17. The summed E-state index contributed by atoms with van der Waals surface area (Å²) in [4.78, 5) is 17.5. The zero-order valence-electron chi connectivity index (χ0n) is 15.9. The van der Waals surface area contributed by atoms with E-state index in [1.54, 1.807) is 36.1 Å². The molecule has 1 aliphatic rings. The maximum Gasteiger partial charge on any atom is 0.417 e. The molecule has 1 aliphatic heterocycles. The van der Waals surface area contributed by atoms with E-state index in [1.807, 2.05) is 0 Å². The molecule has 0 aliphatic carbocycles. The van der Waals surface area contributed by atoms with E-state index in [4.69, 9.17) is 4.74 Å². The summed E-state index contributed by atoms with van der Waals surface area (Å²) in [6.07, 6.45) is -1.60. The molecule has 1 aromatic carbocycles. The molecule has 1 N–H and O–H groups in total. The lowest BCUT2D eigenvalue weighted by molar-refractivity contribution is -0.137. The Hall–Kier alpha value is -3.10. The third-order valence-electron chi connectivity index (χ3n) is 4.52. The highest BCUT2D eigenvalue weighted by molar-refractivity contribution is 5.99. The number of amides is 1. The number of pyridine rings is 1. The maximum absolute atomic E-state index is 12.5. The molecule has 0 saturated carbocycles. The van der Waals surface area contributed by atoms with E-state index in [0.29, 0.717) is 11.5 Å². The number of hydrogen-bond donors (Lipinski definition) is 1. The Morgan fingerprint density at radius 1 is 1.17 bits per heavy atom. The van der Waals surface area contributed by atoms with Gasteiger partial charge in [-0.2, -0.15) is 18.3 Å². The van der Waals surface area contributed by atoms with Crippen molar-refractivity contribution >= 4 is 17.4 Å². The second kappa shape index (κ2) is 8.93. The minimum Gasteiger partial charge on any atom is -0.484 e. The van der Waals surface area contributed by atoms with E-state index >= 15 is 0 Å². The van der Waals surface area contributed by atoms with Crippen LogP contribution in [-0.4, -0.2) is 41.2 Å². The Kier molecular flexibility index (Phi) is 6.36. The Morgan fingerprint density at radius 3 is 2.45 bits per heavy atom. The van der Waals surface area contributed by atoms with E-state index < -0.39 is 11.7 Å². The Balaban J connectivity index is 1.53. The van der Waals surface area contributed by atoms with Crippen LogP contribution in [-0.2, 0) is 11.0 Å². The lowest BCUT2D eigenvalue weighted by atomic mass is 10.1. The summed E-state index contributed by atoms with van der Waals surface area (Å²) in [6.45, 7) is 3.34. The number of ether oxygens (including phenoxy) is 1. The summed E-state index contributed by atoms with van der Waals surface area (Å²) in [6, 6.07) is 9.21. The van der Waals surface area contributed by atoms with Crippen LogP contribution in [0.15, 0.2) is 47.7 Å². The number of anilines is 1. The monoisotopic (exact) mass is 406 g/mol. The number of nitrogens with one attached hydrogen (secondary N) is 1. The number of rotatable bonds is 6. The van der Waals surface area contributed by atoms with Gasteiger partial charge in [-0.1, -0.05) is 0 Å². The second-order valence-corrected chi connectivity index (χ2v) is 6.64. The zero-order valence-corrected chi connectivity index (χ0v) is 15.9. The molecule has 0 bridgehead atoms. The number of hydrazone groups is 1. The van der Waals surface area contributed by atoms with Crippen LogP contribution in [0.25, 0.3) is 0 Å². The van der Waals surface area contributed by atoms with Gasteiger partial charge < -0.3 is 9.64 Å². The molecule has 0 atom stereocenters. The quantitative estimate of drug-likeness (QED) is 0.583. The van der Waals surface area contributed by atoms with E-state index in [-0.39, 0.29) is 18.3 Å². The highest BCUT2D eigenvalue weighted by Gasteiger charge is 2.30. The number of carbonyl (C=O) groups is 1. The van der Waals surface area contributed by atoms with Crippen molar-refractivity contribution in [3.05, 3.63) is 53.7 Å². The van der Waals surface area contributed by atoms with Gasteiger partial charge in [0, 0.05) is 19.3 Å². The SMILES string of the molecule is C/C(=N/Nc1ccc(C(F)(F)F)cn1)c1ccc(OCC(=O)N2CCCC2)cc1. The number of aromatic nitrogens is 1. The lowest BCUT2D eigenvalue weighted by Crippen LogP contribution is -2.32. The van der Waals surface area contributed by atoms with Crippen molar-refractivity contribution < 1.29 is 22.7 Å². The first-order valence-corrected chi connectivity index (χ1v) is 9.17. The molecule has 3 rings (SSSR count). The molecule has 1 fully saturated rings. The largest absolute Gasteiger partial charge is 0.484 e. The Bertz CT molecular complexity index is 859. The molecular formula is C20H21F3N4O2. The lowest BCUT2D eigenvalue weighted by Gasteiger charge is -2.15. The second-order valence-electron chi connectivity index (χ2n) is 6.64. The van der Waals surface area contributed by atoms with Crippen LogP contribution in [0.1, 0.15) is 30.9 Å². The van der Waals surface area contributed by atoms with Gasteiger partial charge in [0.2, 0.25) is 0 Å². The van der Waals surface area contributed by atoms with E-state index in [0.717, 1.165) is 43.8 Å². The topological polar surface area (TPSA) is 66.8 Å². The summed E-state index contributed by atoms with van der Waals surface area (Å²) in [5.74, 6) is 0.766. The Morgan fingerprint density at radius 2 is 1.86 bits per heavy atom. The average molecular weight is 406 g/mol. The van der Waals surface area contributed by atoms with Crippen molar-refractivity contribution in [1.82, 2.24) is 9.88 Å². The van der Waals surface area contributed by atoms with Gasteiger partial charge in [-0.25, -0.2) is 4.98 Å². The van der Waals surface area contributed by atoms with Crippen molar-refractivity contribution in [2.24, 2.45) is 5.10 Å². The van der Waals surface area contributed by atoms with Crippen molar-refractivity contribution in [3.63, 3.8) is 0 Å². The van der Waals surface area contributed by atoms with Gasteiger partial charge in [0.25, 0.3) is 5.91 Å². The summed E-state index contributed by atoms with van der Waals surface area (Å²) in [5.41, 5.74) is 3.23. The molecule has 1 saturated heterocycles. The third kappa shape index (κ3) is 5.69. The van der Waals surface area contributed by atoms with Crippen LogP contribution in [0, 0.1) is 0 Å². The molecule has 1 amide bonds. The van der Waals surface area contributed by atoms with Crippen LogP contribution in [0.3, 0.4) is 0 Å². The molecule has 154 valence electrons. The standard InChI is InChI=1S/C20H21F3N4O2/c1-14(25-26-18-9-6-16(12-24-18)20(21,22)23)15-4-7-17(8-5-15)29-13-19(28)27-10-2-3-11-27/h4-9,12H,2-3,10-11,13H2,1H3,(H,24,26)/b25-14-. The third-order valence-corrected chi connectivity index (χ3v) is 4.52. The number of carbonyl (C=O) groups excluding carboxylic acids is 1. The fraction of sp³-hybridized carbons (Fsp3) is 0.350. The minimum atomic E-state index is -4.42. The van der Waals surface area contributed by atoms with Gasteiger partial charge in [0.1, 0.15) is 11.6 Å². The van der Waals surface area contributed by atoms with Crippen LogP contribution in [0.2, 0.25) is 0 Å². The summed E-state index contributed by atoms with van der Waals surface area (Å²) < 4.78 is 43.2. The Labute approximate surface area is 166 Å².